The Morgan fingerprint density at radius 2 is 1.84 bits per heavy atom. The maximum Gasteiger partial charge on any atom is 0.128 e. The standard InChI is InChI=1S/C16H18ClNO/c1-11-9-14(16(19-2)10-15(11)17)13-5-3-12(4-6-13)7-8-18/h3-6,9-10H,7-8,18H2,1-2H3. The first-order valence-corrected chi connectivity index (χ1v) is 6.67. The molecule has 2 aromatic carbocycles. The van der Waals surface area contributed by atoms with E-state index in [0.29, 0.717) is 6.54 Å². The Morgan fingerprint density at radius 3 is 2.42 bits per heavy atom. The summed E-state index contributed by atoms with van der Waals surface area (Å²) in [5.41, 5.74) is 10.0. The van der Waals surface area contributed by atoms with E-state index in [1.165, 1.54) is 5.56 Å². The number of aryl methyl sites for hydroxylation is 1. The van der Waals surface area contributed by atoms with Gasteiger partial charge in [-0.1, -0.05) is 35.9 Å². The Balaban J connectivity index is 2.43. The summed E-state index contributed by atoms with van der Waals surface area (Å²) < 4.78 is 5.41. The molecule has 0 fully saturated rings. The van der Waals surface area contributed by atoms with E-state index in [0.717, 1.165) is 33.9 Å². The van der Waals surface area contributed by atoms with Crippen LogP contribution in [0.15, 0.2) is 36.4 Å². The van der Waals surface area contributed by atoms with Crippen molar-refractivity contribution in [1.29, 1.82) is 0 Å². The molecule has 0 aromatic heterocycles. The van der Waals surface area contributed by atoms with Crippen molar-refractivity contribution in [3.05, 3.63) is 52.5 Å². The normalized spacial score (nSPS) is 10.5. The third-order valence-electron chi connectivity index (χ3n) is 3.18. The van der Waals surface area contributed by atoms with E-state index in [4.69, 9.17) is 22.1 Å². The van der Waals surface area contributed by atoms with Gasteiger partial charge in [0.05, 0.1) is 7.11 Å². The molecule has 0 spiro atoms. The number of methoxy groups -OCH3 is 1. The van der Waals surface area contributed by atoms with Crippen molar-refractivity contribution in [2.45, 2.75) is 13.3 Å². The zero-order valence-electron chi connectivity index (χ0n) is 11.2. The van der Waals surface area contributed by atoms with Crippen LogP contribution in [0.3, 0.4) is 0 Å². The van der Waals surface area contributed by atoms with Crippen LogP contribution in [-0.2, 0) is 6.42 Å². The van der Waals surface area contributed by atoms with E-state index in [1.54, 1.807) is 7.11 Å². The first kappa shape index (κ1) is 13.9. The second-order valence-electron chi connectivity index (χ2n) is 4.54. The molecule has 0 saturated heterocycles. The minimum Gasteiger partial charge on any atom is -0.496 e. The van der Waals surface area contributed by atoms with E-state index in [9.17, 15) is 0 Å². The Labute approximate surface area is 119 Å². The molecule has 100 valence electrons. The van der Waals surface area contributed by atoms with Crippen LogP contribution in [0.2, 0.25) is 5.02 Å². The summed E-state index contributed by atoms with van der Waals surface area (Å²) in [6.07, 6.45) is 0.900. The van der Waals surface area contributed by atoms with Gasteiger partial charge in [0.15, 0.2) is 0 Å². The lowest BCUT2D eigenvalue weighted by Gasteiger charge is -2.11. The quantitative estimate of drug-likeness (QED) is 0.920. The zero-order chi connectivity index (χ0) is 13.8. The molecular formula is C16H18ClNO. The van der Waals surface area contributed by atoms with Gasteiger partial charge in [-0.05, 0) is 48.7 Å². The van der Waals surface area contributed by atoms with Gasteiger partial charge in [0.1, 0.15) is 5.75 Å². The van der Waals surface area contributed by atoms with Gasteiger partial charge >= 0.3 is 0 Å². The number of nitrogens with two attached hydrogens (primary N) is 1. The second-order valence-corrected chi connectivity index (χ2v) is 4.94. The van der Waals surface area contributed by atoms with Gasteiger partial charge in [-0.3, -0.25) is 0 Å². The molecule has 0 saturated carbocycles. The summed E-state index contributed by atoms with van der Waals surface area (Å²) in [4.78, 5) is 0. The number of hydrogen-bond donors (Lipinski definition) is 1. The SMILES string of the molecule is COc1cc(Cl)c(C)cc1-c1ccc(CCN)cc1. The number of hydrogen-bond acceptors (Lipinski definition) is 2. The average Bonchev–Trinajstić information content (AvgIpc) is 2.43. The van der Waals surface area contributed by atoms with Crippen molar-refractivity contribution in [3.8, 4) is 16.9 Å². The van der Waals surface area contributed by atoms with Gasteiger partial charge in [0, 0.05) is 10.6 Å². The van der Waals surface area contributed by atoms with Crippen molar-refractivity contribution < 1.29 is 4.74 Å². The van der Waals surface area contributed by atoms with Crippen molar-refractivity contribution in [2.75, 3.05) is 13.7 Å². The summed E-state index contributed by atoms with van der Waals surface area (Å²) in [5, 5.41) is 0.723. The van der Waals surface area contributed by atoms with Crippen molar-refractivity contribution in [2.24, 2.45) is 5.73 Å². The van der Waals surface area contributed by atoms with Gasteiger partial charge in [-0.15, -0.1) is 0 Å². The molecule has 0 radical (unpaired) electrons. The van der Waals surface area contributed by atoms with Crippen LogP contribution in [-0.4, -0.2) is 13.7 Å². The minimum absolute atomic E-state index is 0.669. The molecule has 3 heteroatoms. The molecule has 0 amide bonds. The molecule has 0 aliphatic carbocycles. The molecule has 2 aromatic rings. The summed E-state index contributed by atoms with van der Waals surface area (Å²) >= 11 is 6.12. The van der Waals surface area contributed by atoms with Crippen LogP contribution < -0.4 is 10.5 Å². The lowest BCUT2D eigenvalue weighted by Crippen LogP contribution is -2.02. The zero-order valence-corrected chi connectivity index (χ0v) is 12.0. The Morgan fingerprint density at radius 1 is 1.16 bits per heavy atom. The Hall–Kier alpha value is -1.51. The lowest BCUT2D eigenvalue weighted by molar-refractivity contribution is 0.416. The summed E-state index contributed by atoms with van der Waals surface area (Å²) in [6, 6.07) is 12.3. The predicted octanol–water partition coefficient (Wildman–Crippen LogP) is 3.83. The van der Waals surface area contributed by atoms with E-state index in [-0.39, 0.29) is 0 Å². The van der Waals surface area contributed by atoms with Crippen LogP contribution in [0, 0.1) is 6.92 Å². The van der Waals surface area contributed by atoms with Crippen molar-refractivity contribution in [1.82, 2.24) is 0 Å². The highest BCUT2D eigenvalue weighted by Gasteiger charge is 2.09. The third kappa shape index (κ3) is 3.09. The molecular weight excluding hydrogens is 258 g/mol. The van der Waals surface area contributed by atoms with E-state index < -0.39 is 0 Å². The fourth-order valence-electron chi connectivity index (χ4n) is 2.08. The molecule has 0 bridgehead atoms. The van der Waals surface area contributed by atoms with E-state index >= 15 is 0 Å². The van der Waals surface area contributed by atoms with Crippen LogP contribution in [0.4, 0.5) is 0 Å². The minimum atomic E-state index is 0.669. The van der Waals surface area contributed by atoms with Crippen LogP contribution >= 0.6 is 11.6 Å². The molecule has 0 heterocycles. The van der Waals surface area contributed by atoms with Gasteiger partial charge in [0.2, 0.25) is 0 Å². The number of rotatable bonds is 4. The molecule has 2 rings (SSSR count). The lowest BCUT2D eigenvalue weighted by atomic mass is 10.00. The number of ether oxygens (including phenoxy) is 1. The summed E-state index contributed by atoms with van der Waals surface area (Å²) in [5.74, 6) is 0.794. The highest BCUT2D eigenvalue weighted by Crippen LogP contribution is 2.34. The molecule has 2 nitrogen and oxygen atoms in total. The van der Waals surface area contributed by atoms with Gasteiger partial charge in [0.25, 0.3) is 0 Å². The fraction of sp³-hybridized carbons (Fsp3) is 0.250. The first-order chi connectivity index (χ1) is 9.15. The molecule has 2 N–H and O–H groups in total. The molecule has 19 heavy (non-hydrogen) atoms. The van der Waals surface area contributed by atoms with Gasteiger partial charge in [-0.25, -0.2) is 0 Å². The largest absolute Gasteiger partial charge is 0.496 e. The maximum absolute atomic E-state index is 6.12. The van der Waals surface area contributed by atoms with E-state index in [1.807, 2.05) is 13.0 Å². The Bertz CT molecular complexity index is 564. The summed E-state index contributed by atoms with van der Waals surface area (Å²) in [7, 11) is 1.66. The fourth-order valence-corrected chi connectivity index (χ4v) is 2.23. The van der Waals surface area contributed by atoms with Crippen LogP contribution in [0.1, 0.15) is 11.1 Å². The first-order valence-electron chi connectivity index (χ1n) is 6.29. The highest BCUT2D eigenvalue weighted by molar-refractivity contribution is 6.31. The average molecular weight is 276 g/mol. The maximum atomic E-state index is 6.12. The second kappa shape index (κ2) is 6.09. The highest BCUT2D eigenvalue weighted by atomic mass is 35.5. The van der Waals surface area contributed by atoms with Gasteiger partial charge in [-0.2, -0.15) is 0 Å². The van der Waals surface area contributed by atoms with Crippen molar-refractivity contribution >= 4 is 11.6 Å². The smallest absolute Gasteiger partial charge is 0.128 e. The molecule has 0 unspecified atom stereocenters. The number of halogens is 1. The van der Waals surface area contributed by atoms with Crippen molar-refractivity contribution in [3.63, 3.8) is 0 Å². The summed E-state index contributed by atoms with van der Waals surface area (Å²) in [6.45, 7) is 2.66. The Kier molecular flexibility index (Phi) is 4.46. The molecule has 0 aliphatic rings. The van der Waals surface area contributed by atoms with Crippen LogP contribution in [0.25, 0.3) is 11.1 Å². The molecule has 0 atom stereocenters. The monoisotopic (exact) mass is 275 g/mol. The third-order valence-corrected chi connectivity index (χ3v) is 3.59. The van der Waals surface area contributed by atoms with Crippen LogP contribution in [0.5, 0.6) is 5.75 Å². The van der Waals surface area contributed by atoms with Gasteiger partial charge < -0.3 is 10.5 Å². The van der Waals surface area contributed by atoms with E-state index in [2.05, 4.69) is 30.3 Å². The predicted molar refractivity (Wildman–Crippen MR) is 80.9 cm³/mol. The number of benzene rings is 2. The molecule has 0 aliphatic heterocycles. The topological polar surface area (TPSA) is 35.2 Å².